The van der Waals surface area contributed by atoms with Gasteiger partial charge in [-0.15, -0.1) is 0 Å². The summed E-state index contributed by atoms with van der Waals surface area (Å²) >= 11 is 1.39. The molecule has 1 aliphatic rings. The minimum Gasteiger partial charge on any atom is -0.479 e. The summed E-state index contributed by atoms with van der Waals surface area (Å²) in [5.74, 6) is 0.552. The van der Waals surface area contributed by atoms with Crippen molar-refractivity contribution in [1.29, 1.82) is 0 Å². The van der Waals surface area contributed by atoms with E-state index in [1.54, 1.807) is 6.92 Å². The maximum absolute atomic E-state index is 11.6. The molecule has 1 atom stereocenters. The molecular weight excluding hydrogens is 262 g/mol. The van der Waals surface area contributed by atoms with Gasteiger partial charge in [0.15, 0.2) is 6.10 Å². The SMILES string of the molecule is CC1Oc2ccc(-c3cc(CN)sn3)cc2NC1=O. The number of fused-ring (bicyclic) bond motifs is 1. The van der Waals surface area contributed by atoms with Gasteiger partial charge in [0.25, 0.3) is 5.91 Å². The molecule has 98 valence electrons. The van der Waals surface area contributed by atoms with Crippen molar-refractivity contribution in [3.63, 3.8) is 0 Å². The van der Waals surface area contributed by atoms with Gasteiger partial charge in [0.1, 0.15) is 5.75 Å². The Bertz CT molecular complexity index is 639. The van der Waals surface area contributed by atoms with Crippen LogP contribution >= 0.6 is 11.5 Å². The molecule has 1 aromatic heterocycles. The third-order valence-corrected chi connectivity index (χ3v) is 3.77. The zero-order chi connectivity index (χ0) is 13.4. The number of nitrogens with two attached hydrogens (primary N) is 1. The highest BCUT2D eigenvalue weighted by Crippen LogP contribution is 2.34. The number of carbonyl (C=O) groups excluding carboxylic acids is 1. The first kappa shape index (κ1) is 12.1. The predicted molar refractivity (Wildman–Crippen MR) is 74.2 cm³/mol. The van der Waals surface area contributed by atoms with Crippen LogP contribution < -0.4 is 15.8 Å². The summed E-state index contributed by atoms with van der Waals surface area (Å²) in [5, 5.41) is 2.83. The van der Waals surface area contributed by atoms with Crippen molar-refractivity contribution in [2.75, 3.05) is 5.32 Å². The van der Waals surface area contributed by atoms with Crippen molar-refractivity contribution in [3.8, 4) is 17.0 Å². The second kappa shape index (κ2) is 4.64. The van der Waals surface area contributed by atoms with E-state index in [2.05, 4.69) is 9.69 Å². The first-order chi connectivity index (χ1) is 9.17. The smallest absolute Gasteiger partial charge is 0.265 e. The molecule has 6 heteroatoms. The fourth-order valence-corrected chi connectivity index (χ4v) is 2.53. The Kier molecular flexibility index (Phi) is 2.96. The van der Waals surface area contributed by atoms with Crippen molar-refractivity contribution in [2.45, 2.75) is 19.6 Å². The molecule has 0 aliphatic carbocycles. The zero-order valence-electron chi connectivity index (χ0n) is 10.3. The molecule has 3 rings (SSSR count). The summed E-state index contributed by atoms with van der Waals surface area (Å²) in [7, 11) is 0. The Morgan fingerprint density at radius 1 is 1.47 bits per heavy atom. The zero-order valence-corrected chi connectivity index (χ0v) is 11.2. The van der Waals surface area contributed by atoms with Gasteiger partial charge >= 0.3 is 0 Å². The fourth-order valence-electron chi connectivity index (χ4n) is 1.91. The maximum atomic E-state index is 11.6. The summed E-state index contributed by atoms with van der Waals surface area (Å²) < 4.78 is 9.86. The van der Waals surface area contributed by atoms with E-state index >= 15 is 0 Å². The third kappa shape index (κ3) is 2.20. The first-order valence-electron chi connectivity index (χ1n) is 5.95. The van der Waals surface area contributed by atoms with E-state index in [0.29, 0.717) is 18.0 Å². The number of hydrogen-bond donors (Lipinski definition) is 2. The van der Waals surface area contributed by atoms with E-state index in [4.69, 9.17) is 10.5 Å². The van der Waals surface area contributed by atoms with E-state index in [0.717, 1.165) is 16.1 Å². The lowest BCUT2D eigenvalue weighted by Crippen LogP contribution is -2.34. The lowest BCUT2D eigenvalue weighted by molar-refractivity contribution is -0.122. The highest BCUT2D eigenvalue weighted by molar-refractivity contribution is 7.06. The maximum Gasteiger partial charge on any atom is 0.265 e. The topological polar surface area (TPSA) is 77.2 Å². The van der Waals surface area contributed by atoms with Gasteiger partial charge in [-0.1, -0.05) is 0 Å². The summed E-state index contributed by atoms with van der Waals surface area (Å²) in [6.45, 7) is 2.21. The predicted octanol–water partition coefficient (Wildman–Crippen LogP) is 1.99. The number of nitrogens with one attached hydrogen (secondary N) is 1. The first-order valence-corrected chi connectivity index (χ1v) is 6.72. The minimum absolute atomic E-state index is 0.134. The molecule has 0 bridgehead atoms. The van der Waals surface area contributed by atoms with Crippen LogP contribution in [-0.2, 0) is 11.3 Å². The fraction of sp³-hybridized carbons (Fsp3) is 0.231. The van der Waals surface area contributed by atoms with E-state index in [1.165, 1.54) is 11.5 Å². The molecule has 1 aromatic carbocycles. The minimum atomic E-state index is -0.457. The Morgan fingerprint density at radius 2 is 2.32 bits per heavy atom. The standard InChI is InChI=1S/C13H13N3O2S/c1-7-13(17)15-11-4-8(2-3-12(11)18-7)10-5-9(6-14)19-16-10/h2-5,7H,6,14H2,1H3,(H,15,17). The number of amides is 1. The monoisotopic (exact) mass is 275 g/mol. The largest absolute Gasteiger partial charge is 0.479 e. The summed E-state index contributed by atoms with van der Waals surface area (Å²) in [5.41, 5.74) is 8.06. The summed E-state index contributed by atoms with van der Waals surface area (Å²) in [4.78, 5) is 12.6. The van der Waals surface area contributed by atoms with Gasteiger partial charge in [-0.2, -0.15) is 4.37 Å². The third-order valence-electron chi connectivity index (χ3n) is 2.97. The lowest BCUT2D eigenvalue weighted by Gasteiger charge is -2.23. The molecule has 0 fully saturated rings. The molecule has 0 saturated carbocycles. The van der Waals surface area contributed by atoms with Crippen LogP contribution in [0.25, 0.3) is 11.3 Å². The van der Waals surface area contributed by atoms with Gasteiger partial charge in [-0.25, -0.2) is 0 Å². The van der Waals surface area contributed by atoms with E-state index in [1.807, 2.05) is 24.3 Å². The molecule has 3 N–H and O–H groups in total. The number of ether oxygens (including phenoxy) is 1. The van der Waals surface area contributed by atoms with E-state index in [-0.39, 0.29) is 5.91 Å². The van der Waals surface area contributed by atoms with Crippen molar-refractivity contribution < 1.29 is 9.53 Å². The van der Waals surface area contributed by atoms with Crippen LogP contribution in [-0.4, -0.2) is 16.4 Å². The van der Waals surface area contributed by atoms with Gasteiger partial charge in [0.05, 0.1) is 11.4 Å². The number of nitrogens with zero attached hydrogens (tertiary/aromatic N) is 1. The number of anilines is 1. The quantitative estimate of drug-likeness (QED) is 0.878. The van der Waals surface area contributed by atoms with Crippen LogP contribution in [0.4, 0.5) is 5.69 Å². The Labute approximate surface area is 114 Å². The molecule has 5 nitrogen and oxygen atoms in total. The van der Waals surface area contributed by atoms with E-state index in [9.17, 15) is 4.79 Å². The molecule has 2 heterocycles. The lowest BCUT2D eigenvalue weighted by atomic mass is 10.1. The van der Waals surface area contributed by atoms with Crippen molar-refractivity contribution in [2.24, 2.45) is 5.73 Å². The van der Waals surface area contributed by atoms with Crippen LogP contribution in [0.3, 0.4) is 0 Å². The number of benzene rings is 1. The summed E-state index contributed by atoms with van der Waals surface area (Å²) in [6, 6.07) is 7.61. The van der Waals surface area contributed by atoms with Crippen LogP contribution in [0.1, 0.15) is 11.8 Å². The summed E-state index contributed by atoms with van der Waals surface area (Å²) in [6.07, 6.45) is -0.457. The normalized spacial score (nSPS) is 17.6. The Morgan fingerprint density at radius 3 is 3.05 bits per heavy atom. The number of rotatable bonds is 2. The van der Waals surface area contributed by atoms with Gasteiger partial charge in [-0.3, -0.25) is 4.79 Å². The van der Waals surface area contributed by atoms with Crippen LogP contribution in [0.2, 0.25) is 0 Å². The molecule has 1 amide bonds. The highest BCUT2D eigenvalue weighted by atomic mass is 32.1. The molecule has 0 radical (unpaired) electrons. The second-order valence-electron chi connectivity index (χ2n) is 4.34. The van der Waals surface area contributed by atoms with Gasteiger partial charge in [0, 0.05) is 17.0 Å². The average molecular weight is 275 g/mol. The number of hydrogen-bond acceptors (Lipinski definition) is 5. The van der Waals surface area contributed by atoms with E-state index < -0.39 is 6.10 Å². The molecule has 0 saturated heterocycles. The molecular formula is C13H13N3O2S. The van der Waals surface area contributed by atoms with Gasteiger partial charge in [-0.05, 0) is 42.7 Å². The molecule has 2 aromatic rings. The van der Waals surface area contributed by atoms with Gasteiger partial charge in [0.2, 0.25) is 0 Å². The van der Waals surface area contributed by atoms with Crippen LogP contribution in [0.5, 0.6) is 5.75 Å². The molecule has 19 heavy (non-hydrogen) atoms. The van der Waals surface area contributed by atoms with Crippen molar-refractivity contribution in [3.05, 3.63) is 29.1 Å². The molecule has 0 spiro atoms. The van der Waals surface area contributed by atoms with Crippen molar-refractivity contribution >= 4 is 23.1 Å². The Hall–Kier alpha value is -1.92. The Balaban J connectivity index is 1.97. The highest BCUT2D eigenvalue weighted by Gasteiger charge is 2.23. The van der Waals surface area contributed by atoms with Crippen molar-refractivity contribution in [1.82, 2.24) is 4.37 Å². The molecule has 1 aliphatic heterocycles. The van der Waals surface area contributed by atoms with Gasteiger partial charge < -0.3 is 15.8 Å². The average Bonchev–Trinajstić information content (AvgIpc) is 2.88. The van der Waals surface area contributed by atoms with Crippen LogP contribution in [0.15, 0.2) is 24.3 Å². The van der Waals surface area contributed by atoms with Crippen LogP contribution in [0, 0.1) is 0 Å². The number of carbonyl (C=O) groups is 1. The number of aromatic nitrogens is 1. The second-order valence-corrected chi connectivity index (χ2v) is 5.23. The molecule has 1 unspecified atom stereocenters.